The predicted molar refractivity (Wildman–Crippen MR) is 85.2 cm³/mol. The molecule has 2 nitrogen and oxygen atoms in total. The minimum absolute atomic E-state index is 0.841. The van der Waals surface area contributed by atoms with Gasteiger partial charge in [-0.2, -0.15) is 0 Å². The van der Waals surface area contributed by atoms with Gasteiger partial charge in [0.25, 0.3) is 0 Å². The summed E-state index contributed by atoms with van der Waals surface area (Å²) in [7, 11) is 0. The van der Waals surface area contributed by atoms with E-state index >= 15 is 0 Å². The first-order valence-electron chi connectivity index (χ1n) is 6.54. The third-order valence-electron chi connectivity index (χ3n) is 2.74. The van der Waals surface area contributed by atoms with Crippen LogP contribution in [0.2, 0.25) is 0 Å². The van der Waals surface area contributed by atoms with E-state index in [9.17, 15) is 0 Å². The molecule has 2 aromatic rings. The second kappa shape index (κ2) is 6.62. The molecule has 1 heterocycles. The highest BCUT2D eigenvalue weighted by Gasteiger charge is 1.99. The van der Waals surface area contributed by atoms with Gasteiger partial charge in [0.15, 0.2) is 0 Å². The van der Waals surface area contributed by atoms with Gasteiger partial charge in [0.05, 0.1) is 23.8 Å². The van der Waals surface area contributed by atoms with Gasteiger partial charge in [0.1, 0.15) is 0 Å². The van der Waals surface area contributed by atoms with Crippen molar-refractivity contribution in [3.05, 3.63) is 78.3 Å². The molecule has 0 radical (unpaired) electrons. The Morgan fingerprint density at radius 3 is 2.65 bits per heavy atom. The number of hydrogen-bond donors (Lipinski definition) is 0. The fraction of sp³-hybridized carbons (Fsp3) is 0.111. The minimum Gasteiger partial charge on any atom is -0.253 e. The van der Waals surface area contributed by atoms with Crippen molar-refractivity contribution in [1.82, 2.24) is 9.97 Å². The zero-order chi connectivity index (χ0) is 14.4. The summed E-state index contributed by atoms with van der Waals surface area (Å²) in [5.41, 5.74) is 5.07. The molecule has 1 aromatic heterocycles. The lowest BCUT2D eigenvalue weighted by molar-refractivity contribution is 1.18. The first kappa shape index (κ1) is 13.9. The zero-order valence-corrected chi connectivity index (χ0v) is 11.9. The Bertz CT molecular complexity index is 649. The van der Waals surface area contributed by atoms with Crippen molar-refractivity contribution in [2.24, 2.45) is 0 Å². The third kappa shape index (κ3) is 4.02. The molecule has 2 heteroatoms. The lowest BCUT2D eigenvalue weighted by Gasteiger charge is -2.01. The molecule has 0 bridgehead atoms. The van der Waals surface area contributed by atoms with E-state index in [1.165, 1.54) is 5.56 Å². The van der Waals surface area contributed by atoms with Crippen LogP contribution in [0.25, 0.3) is 17.3 Å². The molecule has 20 heavy (non-hydrogen) atoms. The van der Waals surface area contributed by atoms with Crippen LogP contribution in [-0.2, 0) is 0 Å². The van der Waals surface area contributed by atoms with Gasteiger partial charge < -0.3 is 0 Å². The molecular weight excluding hydrogens is 244 g/mol. The number of allylic oxidation sites excluding steroid dienone is 4. The number of nitrogens with zero attached hydrogens (tertiary/aromatic N) is 2. The summed E-state index contributed by atoms with van der Waals surface area (Å²) in [4.78, 5) is 8.84. The summed E-state index contributed by atoms with van der Waals surface area (Å²) >= 11 is 0. The van der Waals surface area contributed by atoms with E-state index in [0.717, 1.165) is 22.5 Å². The Labute approximate surface area is 120 Å². The summed E-state index contributed by atoms with van der Waals surface area (Å²) in [5.74, 6) is 0. The molecule has 1 aromatic carbocycles. The maximum Gasteiger partial charge on any atom is 0.0885 e. The lowest BCUT2D eigenvalue weighted by atomic mass is 10.1. The van der Waals surface area contributed by atoms with E-state index in [2.05, 4.69) is 35.6 Å². The number of aryl methyl sites for hydroxylation is 1. The average molecular weight is 262 g/mol. The number of hydrogen-bond acceptors (Lipinski definition) is 2. The quantitative estimate of drug-likeness (QED) is 0.753. The monoisotopic (exact) mass is 262 g/mol. The average Bonchev–Trinajstić information content (AvgIpc) is 2.44. The maximum absolute atomic E-state index is 4.45. The van der Waals surface area contributed by atoms with Gasteiger partial charge in [0.2, 0.25) is 0 Å². The molecule has 0 saturated heterocycles. The summed E-state index contributed by atoms with van der Waals surface area (Å²) in [6.07, 6.45) is 11.3. The first-order chi connectivity index (χ1) is 9.65. The Balaban J connectivity index is 2.12. The highest BCUT2D eigenvalue weighted by Crippen LogP contribution is 2.17. The van der Waals surface area contributed by atoms with E-state index in [1.54, 1.807) is 12.4 Å². The van der Waals surface area contributed by atoms with Gasteiger partial charge >= 0.3 is 0 Å². The van der Waals surface area contributed by atoms with Crippen molar-refractivity contribution < 1.29 is 0 Å². The molecule has 0 aliphatic heterocycles. The molecule has 2 rings (SSSR count). The highest BCUT2D eigenvalue weighted by atomic mass is 14.8. The minimum atomic E-state index is 0.841. The van der Waals surface area contributed by atoms with Gasteiger partial charge in [-0.3, -0.25) is 9.97 Å². The SMILES string of the molecule is C=C(C)/C=C\C=C\c1cnc(-c2cccc(C)c2)cn1. The molecule has 0 aliphatic rings. The van der Waals surface area contributed by atoms with E-state index in [4.69, 9.17) is 0 Å². The largest absolute Gasteiger partial charge is 0.253 e. The van der Waals surface area contributed by atoms with Crippen molar-refractivity contribution >= 4 is 6.08 Å². The summed E-state index contributed by atoms with van der Waals surface area (Å²) in [6, 6.07) is 8.25. The Kier molecular flexibility index (Phi) is 4.61. The summed E-state index contributed by atoms with van der Waals surface area (Å²) in [6.45, 7) is 7.83. The topological polar surface area (TPSA) is 25.8 Å². The van der Waals surface area contributed by atoms with Crippen molar-refractivity contribution in [3.63, 3.8) is 0 Å². The van der Waals surface area contributed by atoms with Gasteiger partial charge in [-0.15, -0.1) is 0 Å². The first-order valence-corrected chi connectivity index (χ1v) is 6.54. The van der Waals surface area contributed by atoms with Gasteiger partial charge in [0, 0.05) is 5.56 Å². The van der Waals surface area contributed by atoms with Crippen LogP contribution in [-0.4, -0.2) is 9.97 Å². The molecule has 0 aliphatic carbocycles. The molecule has 0 N–H and O–H groups in total. The normalized spacial score (nSPS) is 11.3. The third-order valence-corrected chi connectivity index (χ3v) is 2.74. The van der Waals surface area contributed by atoms with Crippen LogP contribution < -0.4 is 0 Å². The molecule has 0 unspecified atom stereocenters. The lowest BCUT2D eigenvalue weighted by Crippen LogP contribution is -1.88. The van der Waals surface area contributed by atoms with Crippen LogP contribution >= 0.6 is 0 Å². The Morgan fingerprint density at radius 1 is 1.15 bits per heavy atom. The molecule has 0 atom stereocenters. The standard InChI is InChI=1S/C18H18N2/c1-14(2)7-4-5-10-17-12-20-18(13-19-17)16-9-6-8-15(3)11-16/h4-13H,1H2,2-3H3/b7-4-,10-5+. The van der Waals surface area contributed by atoms with Crippen molar-refractivity contribution in [2.75, 3.05) is 0 Å². The van der Waals surface area contributed by atoms with E-state index in [1.807, 2.05) is 43.4 Å². The predicted octanol–water partition coefficient (Wildman–Crippen LogP) is 4.60. The van der Waals surface area contributed by atoms with Gasteiger partial charge in [-0.1, -0.05) is 54.1 Å². The number of aromatic nitrogens is 2. The van der Waals surface area contributed by atoms with Crippen LogP contribution in [0, 0.1) is 6.92 Å². The number of benzene rings is 1. The van der Waals surface area contributed by atoms with Crippen LogP contribution in [0.1, 0.15) is 18.2 Å². The smallest absolute Gasteiger partial charge is 0.0885 e. The molecule has 0 saturated carbocycles. The van der Waals surface area contributed by atoms with Gasteiger partial charge in [-0.25, -0.2) is 0 Å². The Morgan fingerprint density at radius 2 is 2.00 bits per heavy atom. The maximum atomic E-state index is 4.45. The van der Waals surface area contributed by atoms with E-state index in [0.29, 0.717) is 0 Å². The Hall–Kier alpha value is -2.48. The molecular formula is C18H18N2. The second-order valence-electron chi connectivity index (χ2n) is 4.76. The molecule has 0 fully saturated rings. The van der Waals surface area contributed by atoms with Crippen LogP contribution in [0.5, 0.6) is 0 Å². The highest BCUT2D eigenvalue weighted by molar-refractivity contribution is 5.59. The molecule has 100 valence electrons. The van der Waals surface area contributed by atoms with E-state index < -0.39 is 0 Å². The summed E-state index contributed by atoms with van der Waals surface area (Å²) < 4.78 is 0. The van der Waals surface area contributed by atoms with Crippen LogP contribution in [0.15, 0.2) is 67.0 Å². The number of rotatable bonds is 4. The van der Waals surface area contributed by atoms with Crippen molar-refractivity contribution in [3.8, 4) is 11.3 Å². The van der Waals surface area contributed by atoms with Crippen molar-refractivity contribution in [1.29, 1.82) is 0 Å². The van der Waals surface area contributed by atoms with Crippen LogP contribution in [0.4, 0.5) is 0 Å². The zero-order valence-electron chi connectivity index (χ0n) is 11.9. The molecule has 0 spiro atoms. The van der Waals surface area contributed by atoms with Crippen molar-refractivity contribution in [2.45, 2.75) is 13.8 Å². The van der Waals surface area contributed by atoms with E-state index in [-0.39, 0.29) is 0 Å². The van der Waals surface area contributed by atoms with Gasteiger partial charge in [-0.05, 0) is 26.0 Å². The summed E-state index contributed by atoms with van der Waals surface area (Å²) in [5, 5.41) is 0. The second-order valence-corrected chi connectivity index (χ2v) is 4.76. The fourth-order valence-corrected chi connectivity index (χ4v) is 1.75. The molecule has 0 amide bonds. The fourth-order valence-electron chi connectivity index (χ4n) is 1.75. The van der Waals surface area contributed by atoms with Crippen LogP contribution in [0.3, 0.4) is 0 Å².